The third-order valence-electron chi connectivity index (χ3n) is 1.85. The number of nitrogens with zero attached hydrogens (tertiary/aromatic N) is 1. The molecule has 4 heteroatoms. The summed E-state index contributed by atoms with van der Waals surface area (Å²) in [5.41, 5.74) is 0. The fourth-order valence-corrected chi connectivity index (χ4v) is 2.01. The molecule has 1 unspecified atom stereocenters. The van der Waals surface area contributed by atoms with E-state index in [1.54, 1.807) is 7.11 Å². The number of rotatable bonds is 4. The Morgan fingerprint density at radius 1 is 1.69 bits per heavy atom. The number of thioether (sulfide) groups is 1. The first kappa shape index (κ1) is 10.9. The zero-order valence-electron chi connectivity index (χ0n) is 8.38. The van der Waals surface area contributed by atoms with Crippen molar-refractivity contribution in [1.29, 1.82) is 0 Å². The molecule has 0 radical (unpaired) electrons. The quantitative estimate of drug-likeness (QED) is 0.747. The van der Waals surface area contributed by atoms with E-state index in [9.17, 15) is 0 Å². The molecule has 3 nitrogen and oxygen atoms in total. The molecule has 0 aliphatic carbocycles. The number of aliphatic imine (C=N–C) groups is 1. The highest BCUT2D eigenvalue weighted by Gasteiger charge is 2.06. The topological polar surface area (TPSA) is 33.6 Å². The molecule has 0 bridgehead atoms. The normalized spacial score (nSPS) is 19.4. The van der Waals surface area contributed by atoms with Gasteiger partial charge in [0.1, 0.15) is 0 Å². The second-order valence-electron chi connectivity index (χ2n) is 3.33. The SMILES string of the molecule is COCC(C)CNC1=NCCCS1. The maximum atomic E-state index is 5.06. The Morgan fingerprint density at radius 3 is 3.15 bits per heavy atom. The second kappa shape index (κ2) is 6.27. The van der Waals surface area contributed by atoms with E-state index in [-0.39, 0.29) is 0 Å². The Hall–Kier alpha value is -0.220. The van der Waals surface area contributed by atoms with Gasteiger partial charge >= 0.3 is 0 Å². The van der Waals surface area contributed by atoms with Crippen molar-refractivity contribution >= 4 is 16.9 Å². The molecule has 0 saturated heterocycles. The summed E-state index contributed by atoms with van der Waals surface area (Å²) in [7, 11) is 1.74. The molecule has 1 rings (SSSR count). The van der Waals surface area contributed by atoms with Crippen LogP contribution in [0.15, 0.2) is 4.99 Å². The van der Waals surface area contributed by atoms with Crippen LogP contribution in [0.25, 0.3) is 0 Å². The summed E-state index contributed by atoms with van der Waals surface area (Å²) >= 11 is 1.82. The lowest BCUT2D eigenvalue weighted by Crippen LogP contribution is -2.29. The molecule has 1 aliphatic rings. The van der Waals surface area contributed by atoms with Gasteiger partial charge < -0.3 is 10.1 Å². The van der Waals surface area contributed by atoms with Crippen LogP contribution in [0.3, 0.4) is 0 Å². The molecule has 0 aromatic rings. The summed E-state index contributed by atoms with van der Waals surface area (Å²) < 4.78 is 5.06. The summed E-state index contributed by atoms with van der Waals surface area (Å²) in [6.07, 6.45) is 1.21. The predicted molar refractivity (Wildman–Crippen MR) is 58.4 cm³/mol. The minimum atomic E-state index is 0.551. The van der Waals surface area contributed by atoms with Crippen LogP contribution < -0.4 is 5.32 Å². The fourth-order valence-electron chi connectivity index (χ4n) is 1.17. The van der Waals surface area contributed by atoms with Gasteiger partial charge in [0.15, 0.2) is 5.17 Å². The van der Waals surface area contributed by atoms with Crippen LogP contribution in [-0.2, 0) is 4.74 Å². The van der Waals surface area contributed by atoms with Gasteiger partial charge in [0.05, 0.1) is 6.61 Å². The molecule has 0 amide bonds. The van der Waals surface area contributed by atoms with Crippen molar-refractivity contribution in [2.75, 3.05) is 32.6 Å². The van der Waals surface area contributed by atoms with Crippen molar-refractivity contribution in [3.8, 4) is 0 Å². The van der Waals surface area contributed by atoms with Crippen molar-refractivity contribution in [1.82, 2.24) is 5.32 Å². The molecule has 13 heavy (non-hydrogen) atoms. The van der Waals surface area contributed by atoms with E-state index >= 15 is 0 Å². The maximum absolute atomic E-state index is 5.06. The highest BCUT2D eigenvalue weighted by molar-refractivity contribution is 8.13. The van der Waals surface area contributed by atoms with E-state index < -0.39 is 0 Å². The van der Waals surface area contributed by atoms with Gasteiger partial charge in [0.2, 0.25) is 0 Å². The van der Waals surface area contributed by atoms with Gasteiger partial charge in [0, 0.05) is 26.0 Å². The third kappa shape index (κ3) is 4.52. The van der Waals surface area contributed by atoms with E-state index in [1.807, 2.05) is 11.8 Å². The van der Waals surface area contributed by atoms with Gasteiger partial charge in [-0.2, -0.15) is 0 Å². The van der Waals surface area contributed by atoms with Crippen molar-refractivity contribution < 1.29 is 4.74 Å². The molecule has 1 N–H and O–H groups in total. The Kier molecular flexibility index (Phi) is 5.23. The van der Waals surface area contributed by atoms with Crippen molar-refractivity contribution in [3.05, 3.63) is 0 Å². The summed E-state index contributed by atoms with van der Waals surface area (Å²) in [5, 5.41) is 4.44. The second-order valence-corrected chi connectivity index (χ2v) is 4.41. The van der Waals surface area contributed by atoms with Gasteiger partial charge in [-0.1, -0.05) is 18.7 Å². The van der Waals surface area contributed by atoms with Crippen LogP contribution in [0.5, 0.6) is 0 Å². The average molecular weight is 202 g/mol. The molecule has 1 heterocycles. The first-order valence-corrected chi connectivity index (χ1v) is 5.71. The standard InChI is InChI=1S/C9H18N2OS/c1-8(7-12-2)6-11-9-10-4-3-5-13-9/h8H,3-7H2,1-2H3,(H,10,11). The highest BCUT2D eigenvalue weighted by Crippen LogP contribution is 2.10. The Morgan fingerprint density at radius 2 is 2.54 bits per heavy atom. The molecule has 76 valence electrons. The van der Waals surface area contributed by atoms with E-state index in [1.165, 1.54) is 12.2 Å². The van der Waals surface area contributed by atoms with Crippen LogP contribution in [-0.4, -0.2) is 37.7 Å². The monoisotopic (exact) mass is 202 g/mol. The summed E-state index contributed by atoms with van der Waals surface area (Å²) in [6, 6.07) is 0. The van der Waals surface area contributed by atoms with Crippen LogP contribution >= 0.6 is 11.8 Å². The smallest absolute Gasteiger partial charge is 0.156 e. The Bertz CT molecular complexity index is 173. The molecule has 1 aliphatic heterocycles. The van der Waals surface area contributed by atoms with Crippen LogP contribution in [0.2, 0.25) is 0 Å². The number of methoxy groups -OCH3 is 1. The Labute approximate surface area is 84.3 Å². The van der Waals surface area contributed by atoms with Gasteiger partial charge in [-0.3, -0.25) is 4.99 Å². The van der Waals surface area contributed by atoms with Gasteiger partial charge in [-0.15, -0.1) is 0 Å². The first-order chi connectivity index (χ1) is 6.33. The van der Waals surface area contributed by atoms with Gasteiger partial charge in [-0.05, 0) is 12.3 Å². The molecule has 0 aromatic heterocycles. The predicted octanol–water partition coefficient (Wildman–Crippen LogP) is 1.35. The van der Waals surface area contributed by atoms with E-state index in [4.69, 9.17) is 4.74 Å². The fraction of sp³-hybridized carbons (Fsp3) is 0.889. The number of hydrogen-bond donors (Lipinski definition) is 1. The summed E-state index contributed by atoms with van der Waals surface area (Å²) in [6.45, 7) is 4.92. The molecular weight excluding hydrogens is 184 g/mol. The summed E-state index contributed by atoms with van der Waals surface area (Å²) in [5.74, 6) is 1.75. The molecule has 0 spiro atoms. The molecule has 1 atom stereocenters. The third-order valence-corrected chi connectivity index (χ3v) is 2.89. The van der Waals surface area contributed by atoms with E-state index in [0.29, 0.717) is 5.92 Å². The zero-order chi connectivity index (χ0) is 9.52. The van der Waals surface area contributed by atoms with Crippen LogP contribution in [0.1, 0.15) is 13.3 Å². The van der Waals surface area contributed by atoms with Crippen molar-refractivity contribution in [2.24, 2.45) is 10.9 Å². The number of hydrogen-bond acceptors (Lipinski definition) is 4. The zero-order valence-corrected chi connectivity index (χ0v) is 9.19. The minimum Gasteiger partial charge on any atom is -0.384 e. The first-order valence-electron chi connectivity index (χ1n) is 4.73. The van der Waals surface area contributed by atoms with Crippen molar-refractivity contribution in [3.63, 3.8) is 0 Å². The van der Waals surface area contributed by atoms with Crippen molar-refractivity contribution in [2.45, 2.75) is 13.3 Å². The lowest BCUT2D eigenvalue weighted by Gasteiger charge is -2.16. The maximum Gasteiger partial charge on any atom is 0.156 e. The lowest BCUT2D eigenvalue weighted by atomic mass is 10.2. The average Bonchev–Trinajstić information content (AvgIpc) is 2.17. The van der Waals surface area contributed by atoms with E-state index in [0.717, 1.165) is 24.9 Å². The summed E-state index contributed by atoms with van der Waals surface area (Å²) in [4.78, 5) is 4.39. The molecule has 0 fully saturated rings. The van der Waals surface area contributed by atoms with Crippen LogP contribution in [0, 0.1) is 5.92 Å². The molecule has 0 saturated carbocycles. The van der Waals surface area contributed by atoms with E-state index in [2.05, 4.69) is 17.2 Å². The Balaban J connectivity index is 2.13. The van der Waals surface area contributed by atoms with Crippen LogP contribution in [0.4, 0.5) is 0 Å². The number of nitrogens with one attached hydrogen (secondary N) is 1. The lowest BCUT2D eigenvalue weighted by molar-refractivity contribution is 0.161. The van der Waals surface area contributed by atoms with Gasteiger partial charge in [-0.25, -0.2) is 0 Å². The largest absolute Gasteiger partial charge is 0.384 e. The minimum absolute atomic E-state index is 0.551. The highest BCUT2D eigenvalue weighted by atomic mass is 32.2. The number of amidine groups is 1. The number of ether oxygens (including phenoxy) is 1. The molecule has 0 aromatic carbocycles. The van der Waals surface area contributed by atoms with Gasteiger partial charge in [0.25, 0.3) is 0 Å². The molecular formula is C9H18N2OS.